The van der Waals surface area contributed by atoms with Crippen LogP contribution in [-0.2, 0) is 0 Å². The summed E-state index contributed by atoms with van der Waals surface area (Å²) in [7, 11) is 3.88. The van der Waals surface area contributed by atoms with Crippen LogP contribution in [0.1, 0.15) is 17.4 Å². The lowest BCUT2D eigenvalue weighted by Crippen LogP contribution is -2.07. The van der Waals surface area contributed by atoms with Crippen LogP contribution in [0, 0.1) is 0 Å². The largest absolute Gasteiger partial charge is 0.476 e. The molecule has 0 saturated heterocycles. The van der Waals surface area contributed by atoms with Crippen LogP contribution in [-0.4, -0.2) is 36.8 Å². The first-order valence-electron chi connectivity index (χ1n) is 6.17. The smallest absolute Gasteiger partial charge is 0.362 e. The van der Waals surface area contributed by atoms with Crippen molar-refractivity contribution in [2.75, 3.05) is 25.6 Å². The molecule has 1 heterocycles. The summed E-state index contributed by atoms with van der Waals surface area (Å²) < 4.78 is 10.5. The Bertz CT molecular complexity index is 602. The molecule has 2 aromatic rings. The van der Waals surface area contributed by atoms with Crippen LogP contribution in [0.2, 0.25) is 0 Å². The predicted molar refractivity (Wildman–Crippen MR) is 74.4 cm³/mol. The van der Waals surface area contributed by atoms with Gasteiger partial charge in [-0.1, -0.05) is 0 Å². The number of anilines is 1. The molecule has 0 aliphatic carbocycles. The Balaban J connectivity index is 2.37. The van der Waals surface area contributed by atoms with Crippen molar-refractivity contribution in [1.29, 1.82) is 0 Å². The summed E-state index contributed by atoms with van der Waals surface area (Å²) in [5, 5.41) is 9.06. The molecule has 1 aromatic carbocycles. The molecule has 0 unspecified atom stereocenters. The molecule has 106 valence electrons. The number of nitrogens with zero attached hydrogens (tertiary/aromatic N) is 2. The van der Waals surface area contributed by atoms with Gasteiger partial charge in [-0.15, -0.1) is 0 Å². The number of carboxylic acid groups (broad SMARTS) is 1. The second-order valence-corrected chi connectivity index (χ2v) is 4.33. The van der Waals surface area contributed by atoms with Gasteiger partial charge in [0.25, 0.3) is 0 Å². The highest BCUT2D eigenvalue weighted by molar-refractivity contribution is 5.88. The minimum absolute atomic E-state index is 0.0633. The van der Waals surface area contributed by atoms with Crippen LogP contribution in [0.4, 0.5) is 5.69 Å². The van der Waals surface area contributed by atoms with E-state index in [1.54, 1.807) is 6.92 Å². The van der Waals surface area contributed by atoms with Gasteiger partial charge in [0.2, 0.25) is 11.6 Å². The first-order valence-corrected chi connectivity index (χ1v) is 6.17. The normalized spacial score (nSPS) is 10.3. The summed E-state index contributed by atoms with van der Waals surface area (Å²) >= 11 is 0. The molecule has 1 aromatic heterocycles. The van der Waals surface area contributed by atoms with Gasteiger partial charge in [0, 0.05) is 25.3 Å². The summed E-state index contributed by atoms with van der Waals surface area (Å²) in [6, 6.07) is 7.45. The van der Waals surface area contributed by atoms with Crippen molar-refractivity contribution in [3.05, 3.63) is 30.0 Å². The summed E-state index contributed by atoms with van der Waals surface area (Å²) in [4.78, 5) is 17.0. The fourth-order valence-electron chi connectivity index (χ4n) is 1.70. The highest BCUT2D eigenvalue weighted by Crippen LogP contribution is 2.28. The van der Waals surface area contributed by atoms with Gasteiger partial charge < -0.3 is 19.2 Å². The average molecular weight is 276 g/mol. The topological polar surface area (TPSA) is 75.8 Å². The molecular formula is C14H16N2O4. The number of hydrogen-bond acceptors (Lipinski definition) is 5. The fraction of sp³-hybridized carbons (Fsp3) is 0.286. The molecule has 0 spiro atoms. The van der Waals surface area contributed by atoms with E-state index in [-0.39, 0.29) is 17.5 Å². The SMILES string of the molecule is CCOc1oc(-c2ccc(N(C)C)cc2)nc1C(=O)O. The average Bonchev–Trinajstić information content (AvgIpc) is 2.83. The van der Waals surface area contributed by atoms with Gasteiger partial charge in [-0.05, 0) is 31.2 Å². The Labute approximate surface area is 116 Å². The Morgan fingerprint density at radius 2 is 2.00 bits per heavy atom. The summed E-state index contributed by atoms with van der Waals surface area (Å²) in [5.74, 6) is -1.00. The molecule has 0 saturated carbocycles. The molecule has 0 fully saturated rings. The van der Waals surface area contributed by atoms with E-state index in [0.717, 1.165) is 5.69 Å². The minimum Gasteiger partial charge on any atom is -0.476 e. The van der Waals surface area contributed by atoms with E-state index >= 15 is 0 Å². The molecule has 0 radical (unpaired) electrons. The Morgan fingerprint density at radius 1 is 1.35 bits per heavy atom. The zero-order chi connectivity index (χ0) is 14.7. The third-order valence-electron chi connectivity index (χ3n) is 2.70. The lowest BCUT2D eigenvalue weighted by atomic mass is 10.2. The maximum atomic E-state index is 11.1. The van der Waals surface area contributed by atoms with E-state index in [1.807, 2.05) is 43.3 Å². The van der Waals surface area contributed by atoms with Gasteiger partial charge >= 0.3 is 11.9 Å². The van der Waals surface area contributed by atoms with E-state index < -0.39 is 5.97 Å². The lowest BCUT2D eigenvalue weighted by molar-refractivity contribution is 0.0683. The monoisotopic (exact) mass is 276 g/mol. The molecule has 6 heteroatoms. The van der Waals surface area contributed by atoms with Crippen LogP contribution < -0.4 is 9.64 Å². The molecule has 0 amide bonds. The minimum atomic E-state index is -1.17. The third kappa shape index (κ3) is 2.74. The maximum Gasteiger partial charge on any atom is 0.362 e. The van der Waals surface area contributed by atoms with Gasteiger partial charge in [0.15, 0.2) is 0 Å². The van der Waals surface area contributed by atoms with Crippen molar-refractivity contribution in [1.82, 2.24) is 4.98 Å². The fourth-order valence-corrected chi connectivity index (χ4v) is 1.70. The van der Waals surface area contributed by atoms with Crippen molar-refractivity contribution in [2.45, 2.75) is 6.92 Å². The number of carboxylic acids is 1. The van der Waals surface area contributed by atoms with Crippen molar-refractivity contribution in [3.63, 3.8) is 0 Å². The van der Waals surface area contributed by atoms with E-state index in [1.165, 1.54) is 0 Å². The highest BCUT2D eigenvalue weighted by Gasteiger charge is 2.21. The number of hydrogen-bond donors (Lipinski definition) is 1. The van der Waals surface area contributed by atoms with Crippen LogP contribution in [0.15, 0.2) is 28.7 Å². The standard InChI is InChI=1S/C14H16N2O4/c1-4-19-14-11(13(17)18)15-12(20-14)9-5-7-10(8-6-9)16(2)3/h5-8H,4H2,1-3H3,(H,17,18). The van der Waals surface area contributed by atoms with Crippen molar-refractivity contribution >= 4 is 11.7 Å². The van der Waals surface area contributed by atoms with E-state index in [2.05, 4.69) is 4.98 Å². The zero-order valence-electron chi connectivity index (χ0n) is 11.6. The summed E-state index contributed by atoms with van der Waals surface area (Å²) in [5.41, 5.74) is 1.52. The molecule has 1 N–H and O–H groups in total. The number of aromatic nitrogens is 1. The van der Waals surface area contributed by atoms with Crippen LogP contribution in [0.3, 0.4) is 0 Å². The molecule has 6 nitrogen and oxygen atoms in total. The van der Waals surface area contributed by atoms with Crippen molar-refractivity contribution in [3.8, 4) is 17.4 Å². The maximum absolute atomic E-state index is 11.1. The predicted octanol–water partition coefficient (Wildman–Crippen LogP) is 2.50. The molecule has 2 rings (SSSR count). The Kier molecular flexibility index (Phi) is 3.93. The van der Waals surface area contributed by atoms with E-state index in [9.17, 15) is 4.79 Å². The molecule has 0 atom stereocenters. The second-order valence-electron chi connectivity index (χ2n) is 4.33. The van der Waals surface area contributed by atoms with Gasteiger partial charge in [0.05, 0.1) is 6.61 Å². The highest BCUT2D eigenvalue weighted by atomic mass is 16.6. The summed E-state index contributed by atoms with van der Waals surface area (Å²) in [6.45, 7) is 2.06. The van der Waals surface area contributed by atoms with Crippen LogP contribution in [0.5, 0.6) is 5.95 Å². The number of oxazole rings is 1. The molecule has 0 aliphatic heterocycles. The number of aromatic carboxylic acids is 1. The number of ether oxygens (including phenoxy) is 1. The van der Waals surface area contributed by atoms with Gasteiger partial charge in [0.1, 0.15) is 0 Å². The number of rotatable bonds is 5. The van der Waals surface area contributed by atoms with Gasteiger partial charge in [-0.25, -0.2) is 4.79 Å². The molecular weight excluding hydrogens is 260 g/mol. The van der Waals surface area contributed by atoms with Gasteiger partial charge in [-0.2, -0.15) is 4.98 Å². The van der Waals surface area contributed by atoms with Gasteiger partial charge in [-0.3, -0.25) is 0 Å². The summed E-state index contributed by atoms with van der Waals surface area (Å²) in [6.07, 6.45) is 0. The Morgan fingerprint density at radius 3 is 2.50 bits per heavy atom. The molecule has 0 bridgehead atoms. The first-order chi connectivity index (χ1) is 9.52. The van der Waals surface area contributed by atoms with Crippen molar-refractivity contribution in [2.24, 2.45) is 0 Å². The van der Waals surface area contributed by atoms with Crippen LogP contribution in [0.25, 0.3) is 11.5 Å². The van der Waals surface area contributed by atoms with E-state index in [4.69, 9.17) is 14.3 Å². The number of carbonyl (C=O) groups is 1. The van der Waals surface area contributed by atoms with Crippen LogP contribution >= 0.6 is 0 Å². The second kappa shape index (κ2) is 5.64. The Hall–Kier alpha value is -2.50. The number of benzene rings is 1. The third-order valence-corrected chi connectivity index (χ3v) is 2.70. The van der Waals surface area contributed by atoms with E-state index in [0.29, 0.717) is 12.2 Å². The lowest BCUT2D eigenvalue weighted by Gasteiger charge is -2.11. The first kappa shape index (κ1) is 13.9. The zero-order valence-corrected chi connectivity index (χ0v) is 11.6. The molecule has 0 aliphatic rings. The molecule has 20 heavy (non-hydrogen) atoms. The quantitative estimate of drug-likeness (QED) is 0.904. The van der Waals surface area contributed by atoms with Crippen molar-refractivity contribution < 1.29 is 19.1 Å².